The fourth-order valence-electron chi connectivity index (χ4n) is 3.27. The molecule has 3 heteroatoms. The SMILES string of the molecule is CCN(CC)C(=O)CCNCC1CCCc2ccccc21. The van der Waals surface area contributed by atoms with Crippen molar-refractivity contribution in [2.24, 2.45) is 0 Å². The molecule has 1 atom stereocenters. The van der Waals surface area contributed by atoms with Crippen molar-refractivity contribution in [1.29, 1.82) is 0 Å². The summed E-state index contributed by atoms with van der Waals surface area (Å²) in [5.74, 6) is 0.870. The number of amides is 1. The number of nitrogens with zero attached hydrogens (tertiary/aromatic N) is 1. The van der Waals surface area contributed by atoms with E-state index in [0.29, 0.717) is 12.3 Å². The van der Waals surface area contributed by atoms with E-state index in [0.717, 1.165) is 26.2 Å². The lowest BCUT2D eigenvalue weighted by Crippen LogP contribution is -2.34. The first-order chi connectivity index (χ1) is 10.3. The quantitative estimate of drug-likeness (QED) is 0.782. The molecule has 116 valence electrons. The second-order valence-corrected chi connectivity index (χ2v) is 5.81. The van der Waals surface area contributed by atoms with E-state index in [4.69, 9.17) is 0 Å². The zero-order valence-corrected chi connectivity index (χ0v) is 13.4. The Hall–Kier alpha value is -1.35. The zero-order valence-electron chi connectivity index (χ0n) is 13.4. The molecular formula is C18H28N2O. The van der Waals surface area contributed by atoms with Crippen molar-refractivity contribution >= 4 is 5.91 Å². The van der Waals surface area contributed by atoms with Gasteiger partial charge in [0.05, 0.1) is 0 Å². The molecule has 0 radical (unpaired) electrons. The molecule has 0 aromatic heterocycles. The molecule has 0 heterocycles. The third kappa shape index (κ3) is 4.31. The molecule has 1 aliphatic carbocycles. The summed E-state index contributed by atoms with van der Waals surface area (Å²) in [6, 6.07) is 8.80. The van der Waals surface area contributed by atoms with Crippen molar-refractivity contribution in [2.45, 2.75) is 45.4 Å². The van der Waals surface area contributed by atoms with E-state index in [1.807, 2.05) is 18.7 Å². The molecule has 1 N–H and O–H groups in total. The van der Waals surface area contributed by atoms with E-state index < -0.39 is 0 Å². The monoisotopic (exact) mass is 288 g/mol. The van der Waals surface area contributed by atoms with Gasteiger partial charge in [-0.05, 0) is 50.2 Å². The molecule has 2 rings (SSSR count). The van der Waals surface area contributed by atoms with E-state index in [2.05, 4.69) is 29.6 Å². The van der Waals surface area contributed by atoms with Crippen LogP contribution in [0.2, 0.25) is 0 Å². The van der Waals surface area contributed by atoms with Crippen LogP contribution in [-0.2, 0) is 11.2 Å². The summed E-state index contributed by atoms with van der Waals surface area (Å²) in [7, 11) is 0. The summed E-state index contributed by atoms with van der Waals surface area (Å²) >= 11 is 0. The Kier molecular flexibility index (Phi) is 6.24. The maximum Gasteiger partial charge on any atom is 0.223 e. The van der Waals surface area contributed by atoms with Crippen molar-refractivity contribution in [3.05, 3.63) is 35.4 Å². The number of benzene rings is 1. The van der Waals surface area contributed by atoms with Crippen molar-refractivity contribution in [2.75, 3.05) is 26.2 Å². The first-order valence-electron chi connectivity index (χ1n) is 8.32. The Labute approximate surface area is 128 Å². The number of hydrogen-bond acceptors (Lipinski definition) is 2. The van der Waals surface area contributed by atoms with Crippen molar-refractivity contribution < 1.29 is 4.79 Å². The second kappa shape index (κ2) is 8.18. The lowest BCUT2D eigenvalue weighted by molar-refractivity contribution is -0.130. The number of hydrogen-bond donors (Lipinski definition) is 1. The van der Waals surface area contributed by atoms with Gasteiger partial charge in [0.1, 0.15) is 0 Å². The van der Waals surface area contributed by atoms with Crippen LogP contribution < -0.4 is 5.32 Å². The van der Waals surface area contributed by atoms with Crippen LogP contribution in [0, 0.1) is 0 Å². The summed E-state index contributed by atoms with van der Waals surface area (Å²) in [4.78, 5) is 13.8. The van der Waals surface area contributed by atoms with E-state index in [1.54, 1.807) is 0 Å². The molecular weight excluding hydrogens is 260 g/mol. The normalized spacial score (nSPS) is 17.3. The van der Waals surface area contributed by atoms with Gasteiger partial charge in [-0.25, -0.2) is 0 Å². The van der Waals surface area contributed by atoms with E-state index in [1.165, 1.54) is 30.4 Å². The van der Waals surface area contributed by atoms with Gasteiger partial charge < -0.3 is 10.2 Å². The summed E-state index contributed by atoms with van der Waals surface area (Å²) in [6.07, 6.45) is 4.36. The van der Waals surface area contributed by atoms with Gasteiger partial charge in [0.25, 0.3) is 0 Å². The number of carbonyl (C=O) groups excluding carboxylic acids is 1. The molecule has 0 saturated carbocycles. The lowest BCUT2D eigenvalue weighted by Gasteiger charge is -2.26. The molecule has 21 heavy (non-hydrogen) atoms. The number of carbonyl (C=O) groups is 1. The summed E-state index contributed by atoms with van der Waals surface area (Å²) in [5, 5.41) is 3.48. The van der Waals surface area contributed by atoms with Crippen LogP contribution in [0.25, 0.3) is 0 Å². The van der Waals surface area contributed by atoms with Crippen LogP contribution in [0.5, 0.6) is 0 Å². The standard InChI is InChI=1S/C18H28N2O/c1-3-20(4-2)18(21)12-13-19-14-16-10-7-9-15-8-5-6-11-17(15)16/h5-6,8,11,16,19H,3-4,7,9-10,12-14H2,1-2H3. The molecule has 3 nitrogen and oxygen atoms in total. The third-order valence-electron chi connectivity index (χ3n) is 4.52. The molecule has 0 fully saturated rings. The fraction of sp³-hybridized carbons (Fsp3) is 0.611. The van der Waals surface area contributed by atoms with E-state index in [9.17, 15) is 4.79 Å². The molecule has 0 saturated heterocycles. The largest absolute Gasteiger partial charge is 0.343 e. The first-order valence-corrected chi connectivity index (χ1v) is 8.32. The van der Waals surface area contributed by atoms with Crippen LogP contribution in [-0.4, -0.2) is 37.0 Å². The molecule has 1 aromatic rings. The average molecular weight is 288 g/mol. The van der Waals surface area contributed by atoms with Crippen LogP contribution in [0.15, 0.2) is 24.3 Å². The van der Waals surface area contributed by atoms with Crippen LogP contribution in [0.1, 0.15) is 50.2 Å². The Morgan fingerprint density at radius 2 is 2.05 bits per heavy atom. The van der Waals surface area contributed by atoms with E-state index in [-0.39, 0.29) is 5.91 Å². The van der Waals surface area contributed by atoms with Gasteiger partial charge in [-0.2, -0.15) is 0 Å². The van der Waals surface area contributed by atoms with Crippen molar-refractivity contribution in [1.82, 2.24) is 10.2 Å². The minimum Gasteiger partial charge on any atom is -0.343 e. The highest BCUT2D eigenvalue weighted by molar-refractivity contribution is 5.76. The van der Waals surface area contributed by atoms with E-state index >= 15 is 0 Å². The predicted molar refractivity (Wildman–Crippen MR) is 87.5 cm³/mol. The van der Waals surface area contributed by atoms with Crippen LogP contribution >= 0.6 is 0 Å². The number of rotatable bonds is 7. The molecule has 0 bridgehead atoms. The lowest BCUT2D eigenvalue weighted by atomic mass is 9.83. The minimum atomic E-state index is 0.261. The Balaban J connectivity index is 1.76. The second-order valence-electron chi connectivity index (χ2n) is 5.81. The van der Waals surface area contributed by atoms with Gasteiger partial charge in [0.2, 0.25) is 5.91 Å². The molecule has 1 aromatic carbocycles. The molecule has 1 unspecified atom stereocenters. The molecule has 0 aliphatic heterocycles. The smallest absolute Gasteiger partial charge is 0.223 e. The highest BCUT2D eigenvalue weighted by atomic mass is 16.2. The molecule has 1 aliphatic rings. The number of aryl methyl sites for hydroxylation is 1. The minimum absolute atomic E-state index is 0.261. The van der Waals surface area contributed by atoms with Gasteiger partial charge in [-0.1, -0.05) is 24.3 Å². The van der Waals surface area contributed by atoms with Crippen molar-refractivity contribution in [3.8, 4) is 0 Å². The topological polar surface area (TPSA) is 32.3 Å². The summed E-state index contributed by atoms with van der Waals surface area (Å²) < 4.78 is 0. The third-order valence-corrected chi connectivity index (χ3v) is 4.52. The van der Waals surface area contributed by atoms with Crippen LogP contribution in [0.4, 0.5) is 0 Å². The fourth-order valence-corrected chi connectivity index (χ4v) is 3.27. The highest BCUT2D eigenvalue weighted by Crippen LogP contribution is 2.30. The van der Waals surface area contributed by atoms with Gasteiger partial charge in [0.15, 0.2) is 0 Å². The number of nitrogens with one attached hydrogen (secondary N) is 1. The van der Waals surface area contributed by atoms with Crippen LogP contribution in [0.3, 0.4) is 0 Å². The Morgan fingerprint density at radius 3 is 2.81 bits per heavy atom. The van der Waals surface area contributed by atoms with Gasteiger partial charge in [-0.3, -0.25) is 4.79 Å². The Morgan fingerprint density at radius 1 is 1.29 bits per heavy atom. The maximum absolute atomic E-state index is 11.9. The van der Waals surface area contributed by atoms with Gasteiger partial charge in [0, 0.05) is 32.6 Å². The van der Waals surface area contributed by atoms with Gasteiger partial charge >= 0.3 is 0 Å². The molecule has 0 spiro atoms. The summed E-state index contributed by atoms with van der Waals surface area (Å²) in [6.45, 7) is 7.47. The maximum atomic E-state index is 11.9. The highest BCUT2D eigenvalue weighted by Gasteiger charge is 2.19. The average Bonchev–Trinajstić information content (AvgIpc) is 2.53. The Bertz CT molecular complexity index is 454. The predicted octanol–water partition coefficient (Wildman–Crippen LogP) is 2.95. The molecule has 1 amide bonds. The zero-order chi connectivity index (χ0) is 15.1. The first kappa shape index (κ1) is 16.0. The number of fused-ring (bicyclic) bond motifs is 1. The van der Waals surface area contributed by atoms with Gasteiger partial charge in [-0.15, -0.1) is 0 Å². The van der Waals surface area contributed by atoms with Crippen molar-refractivity contribution in [3.63, 3.8) is 0 Å². The summed E-state index contributed by atoms with van der Waals surface area (Å²) in [5.41, 5.74) is 3.01.